The second-order valence-electron chi connectivity index (χ2n) is 17.5. The molecule has 6 heteroatoms. The van der Waals surface area contributed by atoms with Gasteiger partial charge in [0, 0.05) is 43.7 Å². The second kappa shape index (κ2) is 15.6. The van der Waals surface area contributed by atoms with E-state index < -0.39 is 0 Å². The lowest BCUT2D eigenvalue weighted by Crippen LogP contribution is -2.00. The van der Waals surface area contributed by atoms with Crippen molar-refractivity contribution in [3.8, 4) is 67.8 Å². The molecule has 322 valence electrons. The minimum absolute atomic E-state index is 0.541. The van der Waals surface area contributed by atoms with Crippen LogP contribution in [0.25, 0.3) is 133 Å². The van der Waals surface area contributed by atoms with E-state index in [1.807, 2.05) is 36.4 Å². The average molecular weight is 882 g/mol. The number of benzene rings is 10. The highest BCUT2D eigenvalue weighted by molar-refractivity contribution is 6.26. The predicted molar refractivity (Wildman–Crippen MR) is 283 cm³/mol. The molecule has 0 aliphatic carbocycles. The second-order valence-corrected chi connectivity index (χ2v) is 17.5. The van der Waals surface area contributed by atoms with Gasteiger partial charge in [0.1, 0.15) is 11.2 Å². The molecule has 0 unspecified atom stereocenters. The summed E-state index contributed by atoms with van der Waals surface area (Å²) in [7, 11) is 0. The summed E-state index contributed by atoms with van der Waals surface area (Å²) in [5.41, 5.74) is 15.4. The van der Waals surface area contributed by atoms with Crippen molar-refractivity contribution in [2.24, 2.45) is 0 Å². The fraction of sp³-hybridized carbons (Fsp3) is 0. The van der Waals surface area contributed by atoms with Crippen LogP contribution in [0, 0.1) is 0 Å². The van der Waals surface area contributed by atoms with Gasteiger partial charge in [-0.1, -0.05) is 182 Å². The summed E-state index contributed by atoms with van der Waals surface area (Å²) in [5.74, 6) is 1.72. The van der Waals surface area contributed by atoms with E-state index in [9.17, 15) is 0 Å². The Hall–Kier alpha value is -9.39. The van der Waals surface area contributed by atoms with Crippen LogP contribution in [-0.2, 0) is 0 Å². The Bertz CT molecular complexity index is 4270. The first kappa shape index (κ1) is 38.8. The summed E-state index contributed by atoms with van der Waals surface area (Å²) in [5, 5.41) is 6.72. The third kappa shape index (κ3) is 6.23. The SMILES string of the molecule is c1ccc(-c2ccc(-c3nc(-c4ccccc4)nc(-c4cccc5c4oc4ccc6c7cccc(-n8c9ccccc9c9cc(-c%10ccccc%10)ccc98)c7n(-c7ccccc7)c6c45)n3)cc2)cc1. The van der Waals surface area contributed by atoms with Crippen molar-refractivity contribution in [1.29, 1.82) is 0 Å². The molecule has 14 aromatic rings. The number of nitrogens with zero attached hydrogens (tertiary/aromatic N) is 5. The molecule has 0 fully saturated rings. The maximum Gasteiger partial charge on any atom is 0.167 e. The van der Waals surface area contributed by atoms with Crippen LogP contribution >= 0.6 is 0 Å². The summed E-state index contributed by atoms with van der Waals surface area (Å²) in [6, 6.07) is 83.3. The zero-order valence-electron chi connectivity index (χ0n) is 37.2. The van der Waals surface area contributed by atoms with E-state index >= 15 is 0 Å². The largest absolute Gasteiger partial charge is 0.455 e. The van der Waals surface area contributed by atoms with Gasteiger partial charge in [0.05, 0.1) is 38.7 Å². The van der Waals surface area contributed by atoms with Crippen molar-refractivity contribution in [3.05, 3.63) is 237 Å². The van der Waals surface area contributed by atoms with E-state index in [4.69, 9.17) is 19.4 Å². The molecule has 0 saturated heterocycles. The average Bonchev–Trinajstić information content (AvgIpc) is 4.09. The minimum atomic E-state index is 0.541. The summed E-state index contributed by atoms with van der Waals surface area (Å²) >= 11 is 0. The van der Waals surface area contributed by atoms with Gasteiger partial charge < -0.3 is 13.6 Å². The molecule has 0 amide bonds. The van der Waals surface area contributed by atoms with E-state index in [1.54, 1.807) is 0 Å². The normalized spacial score (nSPS) is 11.8. The van der Waals surface area contributed by atoms with Gasteiger partial charge in [-0.3, -0.25) is 0 Å². The smallest absolute Gasteiger partial charge is 0.167 e. The summed E-state index contributed by atoms with van der Waals surface area (Å²) in [4.78, 5) is 15.4. The Kier molecular flexibility index (Phi) is 8.79. The quantitative estimate of drug-likeness (QED) is 0.160. The molecule has 0 bridgehead atoms. The number of hydrogen-bond acceptors (Lipinski definition) is 4. The number of furan rings is 1. The van der Waals surface area contributed by atoms with Crippen LogP contribution in [0.4, 0.5) is 0 Å². The maximum absolute atomic E-state index is 7.04. The number of rotatable bonds is 7. The topological polar surface area (TPSA) is 61.7 Å². The minimum Gasteiger partial charge on any atom is -0.455 e. The van der Waals surface area contributed by atoms with Crippen LogP contribution in [-0.4, -0.2) is 24.1 Å². The predicted octanol–water partition coefficient (Wildman–Crippen LogP) is 16.3. The maximum atomic E-state index is 7.04. The monoisotopic (exact) mass is 881 g/mol. The van der Waals surface area contributed by atoms with Crippen molar-refractivity contribution in [3.63, 3.8) is 0 Å². The number of para-hydroxylation sites is 4. The van der Waals surface area contributed by atoms with Crippen LogP contribution < -0.4 is 0 Å². The lowest BCUT2D eigenvalue weighted by Gasteiger charge is -2.14. The molecule has 0 saturated carbocycles. The Labute approximate surface area is 396 Å². The number of fused-ring (bicyclic) bond motifs is 10. The van der Waals surface area contributed by atoms with Gasteiger partial charge in [-0.05, 0) is 76.9 Å². The highest BCUT2D eigenvalue weighted by Gasteiger charge is 2.25. The molecule has 69 heavy (non-hydrogen) atoms. The Morgan fingerprint density at radius 1 is 0.319 bits per heavy atom. The standard InChI is InChI=1S/C63H39N5O/c1-5-17-40(18-6-1)42-31-33-44(34-32-42)62-64-61(43-21-9-3-10-22-43)65-63(66-62)51-28-15-27-50-57-56(69-60(50)51)38-36-49-48-26-16-30-55(58(48)67(59(49)57)46-23-11-4-12-24-46)68-53-29-14-13-25-47(53)52-39-45(35-37-54(52)68)41-19-7-2-8-20-41/h1-39H. The van der Waals surface area contributed by atoms with Gasteiger partial charge in [-0.2, -0.15) is 0 Å². The molecular weight excluding hydrogens is 843 g/mol. The highest BCUT2D eigenvalue weighted by Crippen LogP contribution is 2.46. The van der Waals surface area contributed by atoms with Crippen LogP contribution in [0.15, 0.2) is 241 Å². The van der Waals surface area contributed by atoms with Crippen molar-refractivity contribution < 1.29 is 4.42 Å². The molecule has 0 aliphatic heterocycles. The number of aromatic nitrogens is 5. The Balaban J connectivity index is 1.01. The molecule has 0 radical (unpaired) electrons. The van der Waals surface area contributed by atoms with Gasteiger partial charge in [0.25, 0.3) is 0 Å². The van der Waals surface area contributed by atoms with Crippen molar-refractivity contribution in [2.75, 3.05) is 0 Å². The Morgan fingerprint density at radius 3 is 1.58 bits per heavy atom. The van der Waals surface area contributed by atoms with E-state index in [0.717, 1.165) is 94.0 Å². The highest BCUT2D eigenvalue weighted by atomic mass is 16.3. The van der Waals surface area contributed by atoms with E-state index in [1.165, 1.54) is 21.9 Å². The van der Waals surface area contributed by atoms with Crippen LogP contribution in [0.3, 0.4) is 0 Å². The molecule has 0 atom stereocenters. The first-order valence-corrected chi connectivity index (χ1v) is 23.3. The van der Waals surface area contributed by atoms with Gasteiger partial charge >= 0.3 is 0 Å². The van der Waals surface area contributed by atoms with Gasteiger partial charge in [-0.15, -0.1) is 0 Å². The zero-order valence-corrected chi connectivity index (χ0v) is 37.2. The van der Waals surface area contributed by atoms with Gasteiger partial charge in [0.2, 0.25) is 0 Å². The third-order valence-electron chi connectivity index (χ3n) is 13.6. The summed E-state index contributed by atoms with van der Waals surface area (Å²) in [6.45, 7) is 0. The molecule has 0 aliphatic rings. The van der Waals surface area contributed by atoms with Gasteiger partial charge in [0.15, 0.2) is 17.5 Å². The fourth-order valence-electron chi connectivity index (χ4n) is 10.4. The fourth-order valence-corrected chi connectivity index (χ4v) is 10.4. The molecular formula is C63H39N5O. The number of hydrogen-bond donors (Lipinski definition) is 0. The van der Waals surface area contributed by atoms with Crippen molar-refractivity contribution in [1.82, 2.24) is 24.1 Å². The zero-order chi connectivity index (χ0) is 45.4. The van der Waals surface area contributed by atoms with Crippen molar-refractivity contribution in [2.45, 2.75) is 0 Å². The molecule has 0 N–H and O–H groups in total. The van der Waals surface area contributed by atoms with Crippen LogP contribution in [0.2, 0.25) is 0 Å². The molecule has 6 nitrogen and oxygen atoms in total. The lowest BCUT2D eigenvalue weighted by molar-refractivity contribution is 0.669. The first-order chi connectivity index (χ1) is 34.2. The molecule has 4 aromatic heterocycles. The van der Waals surface area contributed by atoms with Crippen LogP contribution in [0.5, 0.6) is 0 Å². The summed E-state index contributed by atoms with van der Waals surface area (Å²) < 4.78 is 11.9. The third-order valence-corrected chi connectivity index (χ3v) is 13.6. The Morgan fingerprint density at radius 2 is 0.841 bits per heavy atom. The van der Waals surface area contributed by atoms with E-state index in [2.05, 4.69) is 209 Å². The van der Waals surface area contributed by atoms with E-state index in [-0.39, 0.29) is 0 Å². The van der Waals surface area contributed by atoms with Gasteiger partial charge in [-0.25, -0.2) is 15.0 Å². The molecule has 10 aromatic carbocycles. The molecule has 0 spiro atoms. The van der Waals surface area contributed by atoms with Crippen molar-refractivity contribution >= 4 is 65.6 Å². The first-order valence-electron chi connectivity index (χ1n) is 23.3. The summed E-state index contributed by atoms with van der Waals surface area (Å²) in [6.07, 6.45) is 0. The van der Waals surface area contributed by atoms with Crippen LogP contribution in [0.1, 0.15) is 0 Å². The molecule has 14 rings (SSSR count). The lowest BCUT2D eigenvalue weighted by atomic mass is 10.0. The van der Waals surface area contributed by atoms with E-state index in [0.29, 0.717) is 17.5 Å². The molecule has 4 heterocycles.